The second-order valence-corrected chi connectivity index (χ2v) is 7.02. The Bertz CT molecular complexity index is 1130. The van der Waals surface area contributed by atoms with Gasteiger partial charge in [-0.05, 0) is 30.7 Å². The molecule has 1 fully saturated rings. The van der Waals surface area contributed by atoms with Crippen molar-refractivity contribution in [1.29, 1.82) is 0 Å². The summed E-state index contributed by atoms with van der Waals surface area (Å²) in [5.74, 6) is 2.24. The maximum Gasteiger partial charge on any atom is 0.259 e. The number of nitrogen functional groups attached to an aromatic ring is 1. The minimum absolute atomic E-state index is 0.253. The first-order chi connectivity index (χ1) is 14.2. The second-order valence-electron chi connectivity index (χ2n) is 7.02. The summed E-state index contributed by atoms with van der Waals surface area (Å²) < 4.78 is 6.79. The highest BCUT2D eigenvalue weighted by Gasteiger charge is 2.22. The van der Waals surface area contributed by atoms with Gasteiger partial charge < -0.3 is 15.1 Å². The van der Waals surface area contributed by atoms with Gasteiger partial charge in [0.2, 0.25) is 17.7 Å². The minimum Gasteiger partial charge on any atom is -0.461 e. The van der Waals surface area contributed by atoms with E-state index < -0.39 is 0 Å². The van der Waals surface area contributed by atoms with Crippen molar-refractivity contribution in [2.75, 3.05) is 36.8 Å². The number of anilines is 2. The third-order valence-corrected chi connectivity index (χ3v) is 5.13. The molecule has 0 atom stereocenters. The standard InChI is InChI=1S/C19H21N9O/c1-13-14(4-2-6-21-13)12-26-7-9-27(10-8-26)18-23-17(20)28-19(24-18)22-16(25-28)15-5-3-11-29-15/h2-6,11H,7-10,12H2,1H3,(H2,20,22,23,24,25). The van der Waals surface area contributed by atoms with Crippen molar-refractivity contribution in [2.24, 2.45) is 0 Å². The lowest BCUT2D eigenvalue weighted by Gasteiger charge is -2.34. The van der Waals surface area contributed by atoms with Gasteiger partial charge in [-0.2, -0.15) is 19.5 Å². The molecule has 4 aromatic rings. The predicted molar refractivity (Wildman–Crippen MR) is 107 cm³/mol. The van der Waals surface area contributed by atoms with Gasteiger partial charge in [0.25, 0.3) is 5.78 Å². The Morgan fingerprint density at radius 1 is 1.07 bits per heavy atom. The molecule has 5 heterocycles. The van der Waals surface area contributed by atoms with Crippen molar-refractivity contribution >= 4 is 17.7 Å². The molecule has 10 nitrogen and oxygen atoms in total. The number of pyridine rings is 1. The van der Waals surface area contributed by atoms with E-state index in [1.54, 1.807) is 18.4 Å². The molecule has 1 aliphatic rings. The van der Waals surface area contributed by atoms with Gasteiger partial charge in [0.1, 0.15) is 0 Å². The molecule has 10 heteroatoms. The van der Waals surface area contributed by atoms with E-state index in [9.17, 15) is 0 Å². The Kier molecular flexibility index (Phi) is 4.32. The molecule has 0 bridgehead atoms. The Hall–Kier alpha value is -3.53. The van der Waals surface area contributed by atoms with Crippen LogP contribution in [0.4, 0.5) is 11.9 Å². The van der Waals surface area contributed by atoms with Crippen LogP contribution in [-0.2, 0) is 6.54 Å². The molecule has 2 N–H and O–H groups in total. The number of rotatable bonds is 4. The third kappa shape index (κ3) is 3.38. The van der Waals surface area contributed by atoms with E-state index in [2.05, 4.69) is 40.9 Å². The summed E-state index contributed by atoms with van der Waals surface area (Å²) >= 11 is 0. The normalized spacial score (nSPS) is 15.3. The van der Waals surface area contributed by atoms with E-state index in [0.717, 1.165) is 38.4 Å². The molecule has 1 saturated heterocycles. The van der Waals surface area contributed by atoms with Crippen LogP contribution in [0.15, 0.2) is 41.1 Å². The molecule has 0 aliphatic carbocycles. The van der Waals surface area contributed by atoms with Crippen LogP contribution in [0.5, 0.6) is 0 Å². The van der Waals surface area contributed by atoms with Crippen molar-refractivity contribution in [3.05, 3.63) is 48.0 Å². The first kappa shape index (κ1) is 17.6. The Balaban J connectivity index is 1.32. The molecule has 5 rings (SSSR count). The van der Waals surface area contributed by atoms with Gasteiger partial charge in [0, 0.05) is 44.6 Å². The number of aryl methyl sites for hydroxylation is 1. The Morgan fingerprint density at radius 3 is 2.69 bits per heavy atom. The largest absolute Gasteiger partial charge is 0.461 e. The van der Waals surface area contributed by atoms with E-state index in [1.807, 2.05) is 19.2 Å². The smallest absolute Gasteiger partial charge is 0.259 e. The van der Waals surface area contributed by atoms with Crippen molar-refractivity contribution in [2.45, 2.75) is 13.5 Å². The summed E-state index contributed by atoms with van der Waals surface area (Å²) in [4.78, 5) is 22.4. The predicted octanol–water partition coefficient (Wildman–Crippen LogP) is 1.39. The lowest BCUT2D eigenvalue weighted by Crippen LogP contribution is -2.46. The monoisotopic (exact) mass is 391 g/mol. The van der Waals surface area contributed by atoms with Crippen LogP contribution < -0.4 is 10.6 Å². The first-order valence-electron chi connectivity index (χ1n) is 9.49. The van der Waals surface area contributed by atoms with Crippen LogP contribution in [0.3, 0.4) is 0 Å². The average molecular weight is 391 g/mol. The zero-order chi connectivity index (χ0) is 19.8. The van der Waals surface area contributed by atoms with E-state index in [-0.39, 0.29) is 5.95 Å². The quantitative estimate of drug-likeness (QED) is 0.551. The number of piperazine rings is 1. The van der Waals surface area contributed by atoms with Crippen LogP contribution in [0.1, 0.15) is 11.3 Å². The van der Waals surface area contributed by atoms with E-state index in [1.165, 1.54) is 10.1 Å². The number of hydrogen-bond donors (Lipinski definition) is 1. The summed E-state index contributed by atoms with van der Waals surface area (Å²) in [5, 5.41) is 4.34. The maximum atomic E-state index is 6.11. The molecule has 0 spiro atoms. The minimum atomic E-state index is 0.253. The number of fused-ring (bicyclic) bond motifs is 1. The van der Waals surface area contributed by atoms with Crippen LogP contribution in [0.2, 0.25) is 0 Å². The molecule has 1 aliphatic heterocycles. The summed E-state index contributed by atoms with van der Waals surface area (Å²) in [6.07, 6.45) is 3.41. The molecule has 0 unspecified atom stereocenters. The molecule has 0 radical (unpaired) electrons. The summed E-state index contributed by atoms with van der Waals surface area (Å²) in [6, 6.07) is 7.70. The van der Waals surface area contributed by atoms with Crippen LogP contribution in [0.25, 0.3) is 17.4 Å². The fraction of sp³-hybridized carbons (Fsp3) is 0.316. The van der Waals surface area contributed by atoms with Gasteiger partial charge in [0.15, 0.2) is 5.76 Å². The zero-order valence-corrected chi connectivity index (χ0v) is 16.1. The fourth-order valence-electron chi connectivity index (χ4n) is 3.48. The van der Waals surface area contributed by atoms with Crippen molar-refractivity contribution in [1.82, 2.24) is 34.4 Å². The molecular weight excluding hydrogens is 370 g/mol. The SMILES string of the molecule is Cc1ncccc1CN1CCN(c2nc(N)n3nc(-c4ccco4)nc3n2)CC1. The highest BCUT2D eigenvalue weighted by molar-refractivity contribution is 5.53. The molecule has 0 aromatic carbocycles. The third-order valence-electron chi connectivity index (χ3n) is 5.13. The number of nitrogens with zero attached hydrogens (tertiary/aromatic N) is 8. The summed E-state index contributed by atoms with van der Waals surface area (Å²) in [7, 11) is 0. The van der Waals surface area contributed by atoms with Gasteiger partial charge in [-0.25, -0.2) is 0 Å². The number of aromatic nitrogens is 6. The Morgan fingerprint density at radius 2 is 1.93 bits per heavy atom. The van der Waals surface area contributed by atoms with Gasteiger partial charge in [-0.15, -0.1) is 5.10 Å². The number of furan rings is 1. The van der Waals surface area contributed by atoms with Crippen LogP contribution in [-0.4, -0.2) is 60.6 Å². The van der Waals surface area contributed by atoms with Gasteiger partial charge in [0.05, 0.1) is 6.26 Å². The highest BCUT2D eigenvalue weighted by atomic mass is 16.3. The Labute approximate surface area is 167 Å². The van der Waals surface area contributed by atoms with Gasteiger partial charge in [-0.1, -0.05) is 6.07 Å². The van der Waals surface area contributed by atoms with Crippen molar-refractivity contribution in [3.63, 3.8) is 0 Å². The average Bonchev–Trinajstić information content (AvgIpc) is 3.40. The molecule has 29 heavy (non-hydrogen) atoms. The van der Waals surface area contributed by atoms with Crippen LogP contribution in [0, 0.1) is 6.92 Å². The topological polar surface area (TPSA) is 114 Å². The highest BCUT2D eigenvalue weighted by Crippen LogP contribution is 2.20. The summed E-state index contributed by atoms with van der Waals surface area (Å²) in [6.45, 7) is 6.39. The molecule has 4 aromatic heterocycles. The zero-order valence-electron chi connectivity index (χ0n) is 16.1. The summed E-state index contributed by atoms with van der Waals surface area (Å²) in [5.41, 5.74) is 8.45. The number of hydrogen-bond acceptors (Lipinski definition) is 9. The maximum absolute atomic E-state index is 6.11. The fourth-order valence-corrected chi connectivity index (χ4v) is 3.48. The number of nitrogens with two attached hydrogens (primary N) is 1. The molecule has 0 saturated carbocycles. The van der Waals surface area contributed by atoms with Gasteiger partial charge in [-0.3, -0.25) is 9.88 Å². The van der Waals surface area contributed by atoms with E-state index in [4.69, 9.17) is 10.2 Å². The van der Waals surface area contributed by atoms with Gasteiger partial charge >= 0.3 is 0 Å². The molecule has 148 valence electrons. The van der Waals surface area contributed by atoms with Crippen LogP contribution >= 0.6 is 0 Å². The molecule has 0 amide bonds. The molecular formula is C19H21N9O. The van der Waals surface area contributed by atoms with Crippen molar-refractivity contribution in [3.8, 4) is 11.6 Å². The lowest BCUT2D eigenvalue weighted by atomic mass is 10.2. The van der Waals surface area contributed by atoms with E-state index in [0.29, 0.717) is 23.3 Å². The lowest BCUT2D eigenvalue weighted by molar-refractivity contribution is 0.248. The van der Waals surface area contributed by atoms with E-state index >= 15 is 0 Å². The second kappa shape index (κ2) is 7.13. The first-order valence-corrected chi connectivity index (χ1v) is 9.49. The van der Waals surface area contributed by atoms with Crippen molar-refractivity contribution < 1.29 is 4.42 Å².